The SMILES string of the molecule is C=C1/C=C2/C(=O)N(c3cc(F)cc(-c4cc(Nc5ccc(N6CCN(C)CC6)cn5)c(=O)n(C)c4)c3CO)N=CN2CCCCC1. The Labute approximate surface area is 267 Å². The van der Waals surface area contributed by atoms with Crippen molar-refractivity contribution in [2.24, 2.45) is 12.1 Å². The van der Waals surface area contributed by atoms with E-state index in [0.717, 1.165) is 68.1 Å². The number of likely N-dealkylation sites (N-methyl/N-ethyl adjacent to an activating group) is 1. The fourth-order valence-electron chi connectivity index (χ4n) is 6.06. The Morgan fingerprint density at radius 2 is 1.83 bits per heavy atom. The average molecular weight is 627 g/mol. The summed E-state index contributed by atoms with van der Waals surface area (Å²) in [5, 5.41) is 19.2. The molecule has 0 unspecified atom stereocenters. The minimum absolute atomic E-state index is 0.120. The molecule has 1 saturated heterocycles. The number of piperazine rings is 1. The van der Waals surface area contributed by atoms with Crippen LogP contribution in [0.1, 0.15) is 31.2 Å². The number of hydrogen-bond acceptors (Lipinski definition) is 9. The predicted octanol–water partition coefficient (Wildman–Crippen LogP) is 4.18. The van der Waals surface area contributed by atoms with Crippen LogP contribution in [-0.4, -0.2) is 76.5 Å². The lowest BCUT2D eigenvalue weighted by Crippen LogP contribution is -2.44. The smallest absolute Gasteiger partial charge is 0.295 e. The van der Waals surface area contributed by atoms with Gasteiger partial charge in [-0.2, -0.15) is 10.1 Å². The van der Waals surface area contributed by atoms with Gasteiger partial charge in [0.25, 0.3) is 11.5 Å². The molecule has 3 aliphatic heterocycles. The molecule has 1 fully saturated rings. The molecule has 0 bridgehead atoms. The second-order valence-electron chi connectivity index (χ2n) is 12.0. The molecule has 12 heteroatoms. The summed E-state index contributed by atoms with van der Waals surface area (Å²) in [6.07, 6.45) is 10.4. The van der Waals surface area contributed by atoms with Gasteiger partial charge in [0.1, 0.15) is 29.4 Å². The Hall–Kier alpha value is -4.81. The van der Waals surface area contributed by atoms with Gasteiger partial charge < -0.3 is 29.7 Å². The number of aliphatic hydroxyl groups excluding tert-OH is 1. The highest BCUT2D eigenvalue weighted by molar-refractivity contribution is 6.09. The molecule has 6 rings (SSSR count). The van der Waals surface area contributed by atoms with Gasteiger partial charge in [0.15, 0.2) is 0 Å². The lowest BCUT2D eigenvalue weighted by molar-refractivity contribution is -0.116. The molecule has 3 aromatic rings. The van der Waals surface area contributed by atoms with Crippen molar-refractivity contribution in [3.05, 3.63) is 88.4 Å². The quantitative estimate of drug-likeness (QED) is 0.420. The molecule has 0 radical (unpaired) electrons. The highest BCUT2D eigenvalue weighted by atomic mass is 19.1. The van der Waals surface area contributed by atoms with Gasteiger partial charge in [0.2, 0.25) is 0 Å². The number of pyridine rings is 2. The third-order valence-corrected chi connectivity index (χ3v) is 8.72. The van der Waals surface area contributed by atoms with Crippen LogP contribution in [0.3, 0.4) is 0 Å². The van der Waals surface area contributed by atoms with Crippen LogP contribution in [-0.2, 0) is 18.4 Å². The number of nitrogens with one attached hydrogen (secondary N) is 1. The van der Waals surface area contributed by atoms with Crippen LogP contribution in [0.2, 0.25) is 0 Å². The minimum atomic E-state index is -0.620. The highest BCUT2D eigenvalue weighted by Gasteiger charge is 2.31. The minimum Gasteiger partial charge on any atom is -0.392 e. The lowest BCUT2D eigenvalue weighted by atomic mass is 9.98. The van der Waals surface area contributed by atoms with Crippen molar-refractivity contribution < 1.29 is 14.3 Å². The van der Waals surface area contributed by atoms with E-state index in [4.69, 9.17) is 0 Å². The molecule has 1 amide bonds. The second kappa shape index (κ2) is 13.3. The normalized spacial score (nSPS) is 18.9. The van der Waals surface area contributed by atoms with E-state index in [-0.39, 0.29) is 16.9 Å². The molecule has 0 saturated carbocycles. The molecule has 0 spiro atoms. The Balaban J connectivity index is 1.33. The largest absolute Gasteiger partial charge is 0.392 e. The third-order valence-electron chi connectivity index (χ3n) is 8.72. The highest BCUT2D eigenvalue weighted by Crippen LogP contribution is 2.36. The molecule has 1 aromatic carbocycles. The van der Waals surface area contributed by atoms with Gasteiger partial charge in [-0.1, -0.05) is 18.6 Å². The summed E-state index contributed by atoms with van der Waals surface area (Å²) in [4.78, 5) is 37.9. The van der Waals surface area contributed by atoms with E-state index in [1.54, 1.807) is 42.8 Å². The zero-order valence-electron chi connectivity index (χ0n) is 26.2. The Kier molecular flexibility index (Phi) is 9.00. The monoisotopic (exact) mass is 626 g/mol. The summed E-state index contributed by atoms with van der Waals surface area (Å²) in [7, 11) is 3.71. The number of amides is 1. The van der Waals surface area contributed by atoms with Crippen LogP contribution in [0.15, 0.2) is 76.5 Å². The maximum Gasteiger partial charge on any atom is 0.295 e. The zero-order chi connectivity index (χ0) is 32.4. The van der Waals surface area contributed by atoms with Crippen molar-refractivity contribution in [1.82, 2.24) is 19.4 Å². The fraction of sp³-hybridized carbons (Fsp3) is 0.353. The van der Waals surface area contributed by atoms with Gasteiger partial charge in [-0.15, -0.1) is 0 Å². The van der Waals surface area contributed by atoms with Gasteiger partial charge in [0, 0.05) is 63.2 Å². The number of allylic oxidation sites excluding steroid dienone is 2. The fourth-order valence-corrected chi connectivity index (χ4v) is 6.06. The molecule has 2 aromatic heterocycles. The molecule has 0 atom stereocenters. The van der Waals surface area contributed by atoms with Crippen LogP contribution in [0, 0.1) is 5.82 Å². The molecule has 240 valence electrons. The van der Waals surface area contributed by atoms with Crippen molar-refractivity contribution >= 4 is 35.1 Å². The van der Waals surface area contributed by atoms with E-state index >= 15 is 4.39 Å². The summed E-state index contributed by atoms with van der Waals surface area (Å²) in [6, 6.07) is 7.87. The van der Waals surface area contributed by atoms with Gasteiger partial charge in [-0.3, -0.25) is 9.59 Å². The van der Waals surface area contributed by atoms with Crippen molar-refractivity contribution in [1.29, 1.82) is 0 Å². The number of carbonyl (C=O) groups is 1. The topological polar surface area (TPSA) is 110 Å². The first-order valence-corrected chi connectivity index (χ1v) is 15.6. The summed E-state index contributed by atoms with van der Waals surface area (Å²) >= 11 is 0. The summed E-state index contributed by atoms with van der Waals surface area (Å²) in [5.41, 5.74) is 3.37. The average Bonchev–Trinajstić information content (AvgIpc) is 3.14. The molecule has 3 aliphatic rings. The van der Waals surface area contributed by atoms with Crippen LogP contribution in [0.5, 0.6) is 0 Å². The second-order valence-corrected chi connectivity index (χ2v) is 12.0. The third kappa shape index (κ3) is 6.44. The number of anilines is 4. The van der Waals surface area contributed by atoms with Crippen LogP contribution in [0.4, 0.5) is 27.3 Å². The van der Waals surface area contributed by atoms with Crippen LogP contribution in [0.25, 0.3) is 11.1 Å². The van der Waals surface area contributed by atoms with Gasteiger partial charge >= 0.3 is 0 Å². The first-order valence-electron chi connectivity index (χ1n) is 15.6. The van der Waals surface area contributed by atoms with Gasteiger partial charge in [-0.25, -0.2) is 9.37 Å². The molecule has 46 heavy (non-hydrogen) atoms. The van der Waals surface area contributed by atoms with Crippen molar-refractivity contribution in [2.45, 2.75) is 32.3 Å². The molecule has 0 aliphatic carbocycles. The number of halogens is 1. The maximum absolute atomic E-state index is 15.3. The van der Waals surface area contributed by atoms with E-state index in [1.165, 1.54) is 16.7 Å². The number of benzene rings is 1. The number of carbonyl (C=O) groups excluding carboxylic acids is 1. The van der Waals surface area contributed by atoms with E-state index in [1.807, 2.05) is 12.1 Å². The molecular formula is C34H39FN8O3. The maximum atomic E-state index is 15.3. The Bertz CT molecular complexity index is 1760. The predicted molar refractivity (Wildman–Crippen MR) is 179 cm³/mol. The summed E-state index contributed by atoms with van der Waals surface area (Å²) < 4.78 is 16.7. The Morgan fingerprint density at radius 3 is 2.57 bits per heavy atom. The first-order chi connectivity index (χ1) is 22.2. The van der Waals surface area contributed by atoms with Crippen LogP contribution < -0.4 is 20.8 Å². The number of hydrazone groups is 1. The van der Waals surface area contributed by atoms with Gasteiger partial charge in [0.05, 0.1) is 24.2 Å². The zero-order valence-corrected chi connectivity index (χ0v) is 26.2. The number of hydrogen-bond donors (Lipinski definition) is 2. The number of aryl methyl sites for hydroxylation is 1. The molecule has 5 heterocycles. The number of rotatable bonds is 6. The first kappa shape index (κ1) is 31.2. The number of aliphatic hydroxyl groups is 1. The van der Waals surface area contributed by atoms with E-state index in [2.05, 4.69) is 38.8 Å². The molecular weight excluding hydrogens is 587 g/mol. The molecule has 2 N–H and O–H groups in total. The van der Waals surface area contributed by atoms with Crippen molar-refractivity contribution in [2.75, 3.05) is 55.0 Å². The van der Waals surface area contributed by atoms with E-state index in [0.29, 0.717) is 34.8 Å². The number of nitrogens with zero attached hydrogens (tertiary/aromatic N) is 7. The summed E-state index contributed by atoms with van der Waals surface area (Å²) in [5.74, 6) is -0.576. The molecule has 11 nitrogen and oxygen atoms in total. The number of aromatic nitrogens is 2. The van der Waals surface area contributed by atoms with Gasteiger partial charge in [-0.05, 0) is 62.2 Å². The number of fused-ring (bicyclic) bond motifs is 1. The van der Waals surface area contributed by atoms with E-state index in [9.17, 15) is 14.7 Å². The standard InChI is InChI=1S/C34H39FN8O3/c1-23-7-5-4-6-10-42-22-37-43(34(46)31(42)15-23)30-18-25(35)17-27(28(30)21-44)24-16-29(33(45)40(3)20-24)38-32-9-8-26(19-36-32)41-13-11-39(2)12-14-41/h8-9,15-20,22,44H,1,4-7,10-14,21H2,2-3H3,(H,36,38)/b31-15-. The van der Waals surface area contributed by atoms with Crippen LogP contribution >= 0.6 is 0 Å². The van der Waals surface area contributed by atoms with Crippen molar-refractivity contribution in [3.8, 4) is 11.1 Å². The Morgan fingerprint density at radius 1 is 1.02 bits per heavy atom. The van der Waals surface area contributed by atoms with Crippen molar-refractivity contribution in [3.63, 3.8) is 0 Å². The van der Waals surface area contributed by atoms with E-state index < -0.39 is 18.3 Å². The lowest BCUT2D eigenvalue weighted by Gasteiger charge is -2.33. The summed E-state index contributed by atoms with van der Waals surface area (Å²) in [6.45, 7) is 8.01.